The maximum Gasteiger partial charge on any atom is 0.0141 e. The molecule has 1 aliphatic rings. The van der Waals surface area contributed by atoms with Crippen LogP contribution in [-0.4, -0.2) is 11.6 Å². The van der Waals surface area contributed by atoms with Crippen LogP contribution in [-0.2, 0) is 0 Å². The topological polar surface area (TPSA) is 12.0 Å². The highest BCUT2D eigenvalue weighted by Gasteiger charge is 2.28. The van der Waals surface area contributed by atoms with Gasteiger partial charge in [0.1, 0.15) is 0 Å². The van der Waals surface area contributed by atoms with Gasteiger partial charge in [0.15, 0.2) is 0 Å². The maximum absolute atomic E-state index is 3.81. The van der Waals surface area contributed by atoms with Gasteiger partial charge in [-0.2, -0.15) is 0 Å². The maximum atomic E-state index is 3.81. The second-order valence-corrected chi connectivity index (χ2v) is 6.30. The molecular formula is C16H25N. The van der Waals surface area contributed by atoms with E-state index in [-0.39, 0.29) is 5.54 Å². The predicted molar refractivity (Wildman–Crippen MR) is 74.3 cm³/mol. The second-order valence-electron chi connectivity index (χ2n) is 6.30. The van der Waals surface area contributed by atoms with E-state index in [1.54, 1.807) is 0 Å². The van der Waals surface area contributed by atoms with Gasteiger partial charge in [0, 0.05) is 11.6 Å². The smallest absolute Gasteiger partial charge is 0.0141 e. The summed E-state index contributed by atoms with van der Waals surface area (Å²) >= 11 is 0. The first-order chi connectivity index (χ1) is 8.06. The highest BCUT2D eigenvalue weighted by molar-refractivity contribution is 5.22. The largest absolute Gasteiger partial charge is 0.309 e. The van der Waals surface area contributed by atoms with E-state index in [0.717, 1.165) is 0 Å². The molecule has 1 unspecified atom stereocenters. The van der Waals surface area contributed by atoms with Crippen LogP contribution in [0.1, 0.15) is 57.9 Å². The third-order valence-electron chi connectivity index (χ3n) is 3.61. The zero-order valence-electron chi connectivity index (χ0n) is 11.4. The van der Waals surface area contributed by atoms with Crippen LogP contribution in [0, 0.1) is 0 Å². The van der Waals surface area contributed by atoms with Crippen LogP contribution in [0.25, 0.3) is 0 Å². The van der Waals surface area contributed by atoms with Crippen molar-refractivity contribution in [1.29, 1.82) is 0 Å². The molecule has 17 heavy (non-hydrogen) atoms. The first-order valence-corrected chi connectivity index (χ1v) is 6.89. The Morgan fingerprint density at radius 1 is 1.00 bits per heavy atom. The van der Waals surface area contributed by atoms with Crippen LogP contribution in [0.5, 0.6) is 0 Å². The normalized spacial score (nSPS) is 25.8. The van der Waals surface area contributed by atoms with Crippen molar-refractivity contribution in [1.82, 2.24) is 5.32 Å². The van der Waals surface area contributed by atoms with Gasteiger partial charge in [-0.3, -0.25) is 0 Å². The third kappa shape index (κ3) is 3.57. The number of nitrogens with one attached hydrogen (secondary N) is 1. The van der Waals surface area contributed by atoms with Crippen LogP contribution in [0.15, 0.2) is 30.3 Å². The van der Waals surface area contributed by atoms with Gasteiger partial charge in [-0.1, -0.05) is 43.2 Å². The Balaban J connectivity index is 2.13. The van der Waals surface area contributed by atoms with Gasteiger partial charge >= 0.3 is 0 Å². The summed E-state index contributed by atoms with van der Waals surface area (Å²) in [6.45, 7) is 6.80. The Bertz CT molecular complexity index is 336. The molecule has 1 aromatic carbocycles. The van der Waals surface area contributed by atoms with Crippen LogP contribution in [0.2, 0.25) is 0 Å². The van der Waals surface area contributed by atoms with Crippen molar-refractivity contribution in [2.75, 3.05) is 0 Å². The number of hydrogen-bond donors (Lipinski definition) is 1. The zero-order chi connectivity index (χ0) is 12.3. The summed E-state index contributed by atoms with van der Waals surface area (Å²) in [4.78, 5) is 0. The van der Waals surface area contributed by atoms with Crippen molar-refractivity contribution >= 4 is 0 Å². The van der Waals surface area contributed by atoms with E-state index < -0.39 is 0 Å². The molecule has 1 aromatic rings. The lowest BCUT2D eigenvalue weighted by Gasteiger charge is -2.37. The average Bonchev–Trinajstić information content (AvgIpc) is 2.29. The van der Waals surface area contributed by atoms with Gasteiger partial charge in [0.2, 0.25) is 0 Å². The van der Waals surface area contributed by atoms with E-state index in [1.165, 1.54) is 31.2 Å². The summed E-state index contributed by atoms with van der Waals surface area (Å²) in [6.07, 6.45) is 5.40. The molecule has 1 aliphatic carbocycles. The van der Waals surface area contributed by atoms with Crippen LogP contribution in [0.4, 0.5) is 0 Å². The van der Waals surface area contributed by atoms with E-state index in [4.69, 9.17) is 0 Å². The molecule has 1 nitrogen and oxygen atoms in total. The molecule has 94 valence electrons. The average molecular weight is 231 g/mol. The highest BCUT2D eigenvalue weighted by atomic mass is 15.0. The minimum atomic E-state index is 0.217. The van der Waals surface area contributed by atoms with Crippen LogP contribution in [0.3, 0.4) is 0 Å². The molecule has 1 heteroatoms. The van der Waals surface area contributed by atoms with Gasteiger partial charge in [-0.05, 0) is 45.1 Å². The summed E-state index contributed by atoms with van der Waals surface area (Å²) in [7, 11) is 0. The standard InChI is InChI=1S/C16H25N/c1-16(2,3)17-15-12-8-7-11-14(15)13-9-5-4-6-10-13/h4-6,9-10,14-15,17H,7-8,11-12H2,1-3H3/t14-,15?/m0/s1. The van der Waals surface area contributed by atoms with Crippen molar-refractivity contribution in [3.8, 4) is 0 Å². The van der Waals surface area contributed by atoms with Gasteiger partial charge in [-0.25, -0.2) is 0 Å². The molecule has 1 saturated carbocycles. The number of hydrogen-bond acceptors (Lipinski definition) is 1. The van der Waals surface area contributed by atoms with Gasteiger partial charge in [0.25, 0.3) is 0 Å². The molecule has 2 rings (SSSR count). The fourth-order valence-electron chi connectivity index (χ4n) is 2.96. The van der Waals surface area contributed by atoms with E-state index in [1.807, 2.05) is 0 Å². The molecule has 0 radical (unpaired) electrons. The molecule has 0 aliphatic heterocycles. The van der Waals surface area contributed by atoms with Crippen molar-refractivity contribution in [3.63, 3.8) is 0 Å². The van der Waals surface area contributed by atoms with E-state index in [9.17, 15) is 0 Å². The SMILES string of the molecule is CC(C)(C)NC1CCCC[C@H]1c1ccccc1. The van der Waals surface area contributed by atoms with Gasteiger partial charge in [-0.15, -0.1) is 0 Å². The van der Waals surface area contributed by atoms with Gasteiger partial charge in [0.05, 0.1) is 0 Å². The molecule has 1 N–H and O–H groups in total. The molecule has 0 saturated heterocycles. The number of rotatable bonds is 2. The Kier molecular flexibility index (Phi) is 3.88. The molecule has 2 atom stereocenters. The van der Waals surface area contributed by atoms with E-state index in [2.05, 4.69) is 56.4 Å². The Labute approximate surface area is 106 Å². The summed E-state index contributed by atoms with van der Waals surface area (Å²) < 4.78 is 0. The minimum Gasteiger partial charge on any atom is -0.309 e. The quantitative estimate of drug-likeness (QED) is 0.808. The van der Waals surface area contributed by atoms with E-state index >= 15 is 0 Å². The second kappa shape index (κ2) is 5.22. The molecule has 0 aromatic heterocycles. The Hall–Kier alpha value is -0.820. The summed E-state index contributed by atoms with van der Waals surface area (Å²) in [5, 5.41) is 3.81. The first kappa shape index (κ1) is 12.6. The molecule has 1 fully saturated rings. The Morgan fingerprint density at radius 2 is 1.65 bits per heavy atom. The molecule has 0 amide bonds. The lowest BCUT2D eigenvalue weighted by molar-refractivity contribution is 0.265. The fourth-order valence-corrected chi connectivity index (χ4v) is 2.96. The van der Waals surface area contributed by atoms with Gasteiger partial charge < -0.3 is 5.32 Å². The fraction of sp³-hybridized carbons (Fsp3) is 0.625. The van der Waals surface area contributed by atoms with Crippen molar-refractivity contribution < 1.29 is 0 Å². The zero-order valence-corrected chi connectivity index (χ0v) is 11.4. The number of benzene rings is 1. The molecular weight excluding hydrogens is 206 g/mol. The van der Waals surface area contributed by atoms with Crippen molar-refractivity contribution in [3.05, 3.63) is 35.9 Å². The van der Waals surface area contributed by atoms with Crippen LogP contribution < -0.4 is 5.32 Å². The third-order valence-corrected chi connectivity index (χ3v) is 3.61. The first-order valence-electron chi connectivity index (χ1n) is 6.89. The van der Waals surface area contributed by atoms with E-state index in [0.29, 0.717) is 12.0 Å². The predicted octanol–water partition coefficient (Wildman–Crippen LogP) is 4.10. The monoisotopic (exact) mass is 231 g/mol. The van der Waals surface area contributed by atoms with Crippen molar-refractivity contribution in [2.45, 2.75) is 64.0 Å². The molecule has 0 spiro atoms. The summed E-state index contributed by atoms with van der Waals surface area (Å²) in [5.74, 6) is 0.698. The summed E-state index contributed by atoms with van der Waals surface area (Å²) in [5.41, 5.74) is 1.73. The van der Waals surface area contributed by atoms with Crippen LogP contribution >= 0.6 is 0 Å². The van der Waals surface area contributed by atoms with Crippen molar-refractivity contribution in [2.24, 2.45) is 0 Å². The lowest BCUT2D eigenvalue weighted by Crippen LogP contribution is -2.47. The summed E-state index contributed by atoms with van der Waals surface area (Å²) in [6, 6.07) is 11.7. The molecule has 0 bridgehead atoms. The molecule has 0 heterocycles. The lowest BCUT2D eigenvalue weighted by atomic mass is 9.79. The minimum absolute atomic E-state index is 0.217. The Morgan fingerprint density at radius 3 is 2.29 bits per heavy atom. The highest BCUT2D eigenvalue weighted by Crippen LogP contribution is 2.33.